The molecule has 0 fully saturated rings. The van der Waals surface area contributed by atoms with E-state index in [4.69, 9.17) is 4.74 Å². The van der Waals surface area contributed by atoms with Crippen LogP contribution < -0.4 is 10.2 Å². The van der Waals surface area contributed by atoms with Gasteiger partial charge in [-0.1, -0.05) is 28.1 Å². The van der Waals surface area contributed by atoms with Gasteiger partial charge in [0.15, 0.2) is 6.61 Å². The first-order chi connectivity index (χ1) is 12.4. The van der Waals surface area contributed by atoms with Crippen LogP contribution in [0.2, 0.25) is 0 Å². The molecule has 6 nitrogen and oxygen atoms in total. The molecule has 0 saturated carbocycles. The molecule has 0 atom stereocenters. The third-order valence-electron chi connectivity index (χ3n) is 3.05. The normalized spacial score (nSPS) is 10.6. The summed E-state index contributed by atoms with van der Waals surface area (Å²) in [6.07, 6.45) is 1.46. The van der Waals surface area contributed by atoms with E-state index in [2.05, 4.69) is 63.1 Å². The molecule has 0 saturated heterocycles. The van der Waals surface area contributed by atoms with Crippen molar-refractivity contribution < 1.29 is 19.1 Å². The predicted molar refractivity (Wildman–Crippen MR) is 109 cm³/mol. The van der Waals surface area contributed by atoms with Gasteiger partial charge in [-0.05, 0) is 61.7 Å². The van der Waals surface area contributed by atoms with Gasteiger partial charge in [0.1, 0.15) is 5.75 Å². The van der Waals surface area contributed by atoms with Crippen LogP contribution in [0.25, 0.3) is 0 Å². The van der Waals surface area contributed by atoms with Gasteiger partial charge in [0.2, 0.25) is 0 Å². The zero-order chi connectivity index (χ0) is 19.1. The number of rotatable bonds is 6. The van der Waals surface area contributed by atoms with E-state index in [-0.39, 0.29) is 6.61 Å². The lowest BCUT2D eigenvalue weighted by atomic mass is 10.1. The predicted octanol–water partition coefficient (Wildman–Crippen LogP) is 4.29. The van der Waals surface area contributed by atoms with E-state index in [9.17, 15) is 9.59 Å². The largest absolute Gasteiger partial charge is 0.481 e. The summed E-state index contributed by atoms with van der Waals surface area (Å²) in [5, 5.41) is 3.86. The Balaban J connectivity index is 1.87. The highest BCUT2D eigenvalue weighted by atomic mass is 79.9. The standard InChI is InChI=1S/C17H13Br3N2O4/c1-25-17(24)11-4-2-10(3-5-11)8-21-22-15(23)9-26-16-13(19)6-12(18)7-14(16)20/h2-8H,9H2,1H3,(H,22,23). The molecule has 1 amide bonds. The van der Waals surface area contributed by atoms with Crippen molar-refractivity contribution in [3.8, 4) is 5.75 Å². The fourth-order valence-electron chi connectivity index (χ4n) is 1.84. The Morgan fingerprint density at radius 2 is 1.73 bits per heavy atom. The summed E-state index contributed by atoms with van der Waals surface area (Å²) in [5.41, 5.74) is 3.53. The summed E-state index contributed by atoms with van der Waals surface area (Å²) in [7, 11) is 1.32. The average molecular weight is 549 g/mol. The summed E-state index contributed by atoms with van der Waals surface area (Å²) in [4.78, 5) is 23.2. The summed E-state index contributed by atoms with van der Waals surface area (Å²) in [6.45, 7) is -0.197. The van der Waals surface area contributed by atoms with Gasteiger partial charge in [0.05, 0.1) is 27.8 Å². The highest BCUT2D eigenvalue weighted by molar-refractivity contribution is 9.11. The molecule has 0 aliphatic rings. The van der Waals surface area contributed by atoms with Crippen molar-refractivity contribution in [3.05, 3.63) is 60.9 Å². The summed E-state index contributed by atoms with van der Waals surface area (Å²) in [5.74, 6) is -0.302. The van der Waals surface area contributed by atoms with Gasteiger partial charge in [-0.25, -0.2) is 10.2 Å². The zero-order valence-corrected chi connectivity index (χ0v) is 18.2. The van der Waals surface area contributed by atoms with Gasteiger partial charge < -0.3 is 9.47 Å². The van der Waals surface area contributed by atoms with Crippen molar-refractivity contribution in [2.75, 3.05) is 13.7 Å². The van der Waals surface area contributed by atoms with E-state index in [1.165, 1.54) is 13.3 Å². The number of nitrogens with one attached hydrogen (secondary N) is 1. The molecule has 0 aromatic heterocycles. The van der Waals surface area contributed by atoms with E-state index < -0.39 is 11.9 Å². The van der Waals surface area contributed by atoms with Crippen LogP contribution in [0.1, 0.15) is 15.9 Å². The molecule has 136 valence electrons. The van der Waals surface area contributed by atoms with Gasteiger partial charge in [-0.3, -0.25) is 4.79 Å². The van der Waals surface area contributed by atoms with Crippen molar-refractivity contribution in [1.82, 2.24) is 5.43 Å². The minimum atomic E-state index is -0.413. The van der Waals surface area contributed by atoms with Crippen LogP contribution in [0, 0.1) is 0 Å². The molecule has 0 spiro atoms. The maximum Gasteiger partial charge on any atom is 0.337 e. The Morgan fingerprint density at radius 3 is 2.31 bits per heavy atom. The molecular weight excluding hydrogens is 536 g/mol. The molecular formula is C17H13Br3N2O4. The van der Waals surface area contributed by atoms with Gasteiger partial charge in [0, 0.05) is 4.47 Å². The van der Waals surface area contributed by atoms with Crippen LogP contribution in [-0.2, 0) is 9.53 Å². The molecule has 2 aromatic carbocycles. The number of halogens is 3. The molecule has 0 unspecified atom stereocenters. The number of nitrogens with zero attached hydrogens (tertiary/aromatic N) is 1. The number of carbonyl (C=O) groups is 2. The van der Waals surface area contributed by atoms with Gasteiger partial charge in [0.25, 0.3) is 5.91 Å². The molecule has 0 bridgehead atoms. The minimum Gasteiger partial charge on any atom is -0.481 e. The van der Waals surface area contributed by atoms with Crippen LogP contribution >= 0.6 is 47.8 Å². The quantitative estimate of drug-likeness (QED) is 0.332. The molecule has 0 aliphatic heterocycles. The number of esters is 1. The molecule has 1 N–H and O–H groups in total. The molecule has 2 aromatic rings. The molecule has 0 heterocycles. The number of methoxy groups -OCH3 is 1. The number of hydrogen-bond acceptors (Lipinski definition) is 5. The minimum absolute atomic E-state index is 0.197. The van der Waals surface area contributed by atoms with Crippen molar-refractivity contribution in [2.24, 2.45) is 5.10 Å². The number of amides is 1. The third kappa shape index (κ3) is 5.93. The molecule has 0 radical (unpaired) electrons. The van der Waals surface area contributed by atoms with Crippen molar-refractivity contribution in [1.29, 1.82) is 0 Å². The second-order valence-corrected chi connectivity index (χ2v) is 7.52. The topological polar surface area (TPSA) is 77.0 Å². The van der Waals surface area contributed by atoms with Gasteiger partial charge >= 0.3 is 5.97 Å². The van der Waals surface area contributed by atoms with E-state index in [0.29, 0.717) is 20.3 Å². The smallest absolute Gasteiger partial charge is 0.337 e. The SMILES string of the molecule is COC(=O)c1ccc(C=NNC(=O)COc2c(Br)cc(Br)cc2Br)cc1. The Bertz CT molecular complexity index is 815. The first kappa shape index (κ1) is 20.6. The van der Waals surface area contributed by atoms with E-state index >= 15 is 0 Å². The summed E-state index contributed by atoms with van der Waals surface area (Å²) >= 11 is 10.1. The first-order valence-electron chi connectivity index (χ1n) is 7.18. The van der Waals surface area contributed by atoms with Crippen LogP contribution in [0.4, 0.5) is 0 Å². The van der Waals surface area contributed by atoms with Crippen molar-refractivity contribution in [3.63, 3.8) is 0 Å². The second-order valence-electron chi connectivity index (χ2n) is 4.89. The Labute approximate surface area is 175 Å². The monoisotopic (exact) mass is 546 g/mol. The van der Waals surface area contributed by atoms with Crippen molar-refractivity contribution >= 4 is 65.9 Å². The molecule has 2 rings (SSSR count). The van der Waals surface area contributed by atoms with Crippen LogP contribution in [0.15, 0.2) is 54.9 Å². The summed E-state index contributed by atoms with van der Waals surface area (Å²) in [6, 6.07) is 10.2. The van der Waals surface area contributed by atoms with E-state index in [0.717, 1.165) is 10.0 Å². The third-order valence-corrected chi connectivity index (χ3v) is 4.68. The molecule has 9 heteroatoms. The Hall–Kier alpha value is -1.71. The zero-order valence-electron chi connectivity index (χ0n) is 13.5. The second kappa shape index (κ2) is 9.84. The maximum atomic E-state index is 11.8. The number of benzene rings is 2. The number of hydrogen-bond donors (Lipinski definition) is 1. The number of hydrazone groups is 1. The summed E-state index contributed by atoms with van der Waals surface area (Å²) < 4.78 is 12.4. The number of ether oxygens (including phenoxy) is 2. The van der Waals surface area contributed by atoms with Crippen LogP contribution in [0.5, 0.6) is 5.75 Å². The van der Waals surface area contributed by atoms with Gasteiger partial charge in [-0.15, -0.1) is 0 Å². The van der Waals surface area contributed by atoms with Gasteiger partial charge in [-0.2, -0.15) is 5.10 Å². The van der Waals surface area contributed by atoms with E-state index in [1.54, 1.807) is 24.3 Å². The lowest BCUT2D eigenvalue weighted by molar-refractivity contribution is -0.123. The van der Waals surface area contributed by atoms with Crippen molar-refractivity contribution in [2.45, 2.75) is 0 Å². The fraction of sp³-hybridized carbons (Fsp3) is 0.118. The first-order valence-corrected chi connectivity index (χ1v) is 9.56. The molecule has 0 aliphatic carbocycles. The highest BCUT2D eigenvalue weighted by Crippen LogP contribution is 2.36. The lowest BCUT2D eigenvalue weighted by Gasteiger charge is -2.09. The van der Waals surface area contributed by atoms with Crippen LogP contribution in [0.3, 0.4) is 0 Å². The van der Waals surface area contributed by atoms with Crippen LogP contribution in [-0.4, -0.2) is 31.8 Å². The number of carbonyl (C=O) groups excluding carboxylic acids is 2. The van der Waals surface area contributed by atoms with E-state index in [1.807, 2.05) is 12.1 Å². The molecule has 26 heavy (non-hydrogen) atoms. The fourth-order valence-corrected chi connectivity index (χ4v) is 4.33. The average Bonchev–Trinajstić information content (AvgIpc) is 2.60. The Morgan fingerprint density at radius 1 is 1.12 bits per heavy atom. The highest BCUT2D eigenvalue weighted by Gasteiger charge is 2.10. The lowest BCUT2D eigenvalue weighted by Crippen LogP contribution is -2.24. The Kier molecular flexibility index (Phi) is 7.80. The maximum absolute atomic E-state index is 11.8.